The fourth-order valence-electron chi connectivity index (χ4n) is 5.85. The van der Waals surface area contributed by atoms with Crippen LogP contribution in [0.15, 0.2) is 41.3 Å². The molecule has 1 atom stereocenters. The molecule has 1 amide bonds. The van der Waals surface area contributed by atoms with Crippen LogP contribution in [0.5, 0.6) is 5.75 Å². The highest BCUT2D eigenvalue weighted by Gasteiger charge is 2.34. The van der Waals surface area contributed by atoms with Crippen molar-refractivity contribution in [3.05, 3.63) is 75.0 Å². The quantitative estimate of drug-likeness (QED) is 0.253. The van der Waals surface area contributed by atoms with Crippen molar-refractivity contribution >= 4 is 22.6 Å². The van der Waals surface area contributed by atoms with Gasteiger partial charge in [0.2, 0.25) is 0 Å². The summed E-state index contributed by atoms with van der Waals surface area (Å²) in [5.41, 5.74) is 4.28. The summed E-state index contributed by atoms with van der Waals surface area (Å²) in [5.74, 6) is 0.430. The Morgan fingerprint density at radius 1 is 1.19 bits per heavy atom. The highest BCUT2D eigenvalue weighted by molar-refractivity contribution is 6.02. The van der Waals surface area contributed by atoms with Crippen molar-refractivity contribution < 1.29 is 19.0 Å². The average molecular weight is 575 g/mol. The molecular formula is C31H35FN6O4. The number of hydrogen-bond donors (Lipinski definition) is 4. The largest absolute Gasteiger partial charge is 0.490 e. The first kappa shape index (κ1) is 27.9. The van der Waals surface area contributed by atoms with Gasteiger partial charge in [-0.05, 0) is 82.2 Å². The van der Waals surface area contributed by atoms with Crippen molar-refractivity contribution in [2.75, 3.05) is 38.6 Å². The van der Waals surface area contributed by atoms with Crippen molar-refractivity contribution in [1.29, 1.82) is 0 Å². The number of aromatic amines is 2. The Bertz CT molecular complexity index is 1710. The number of H-pyrrole nitrogens is 2. The molecule has 42 heavy (non-hydrogen) atoms. The third kappa shape index (κ3) is 5.25. The zero-order valence-corrected chi connectivity index (χ0v) is 24.0. The minimum Gasteiger partial charge on any atom is -0.490 e. The zero-order valence-electron chi connectivity index (χ0n) is 24.0. The number of hydrogen-bond acceptors (Lipinski definition) is 7. The number of pyridine rings is 1. The smallest absolute Gasteiger partial charge is 0.261 e. The first-order valence-corrected chi connectivity index (χ1v) is 14.2. The Morgan fingerprint density at radius 2 is 1.98 bits per heavy atom. The molecule has 10 nitrogen and oxygen atoms in total. The summed E-state index contributed by atoms with van der Waals surface area (Å²) in [6.45, 7) is 5.87. The minimum atomic E-state index is -0.932. The molecule has 4 aromatic rings. The molecular weight excluding hydrogens is 539 g/mol. The van der Waals surface area contributed by atoms with Crippen LogP contribution in [0, 0.1) is 19.7 Å². The van der Waals surface area contributed by atoms with Gasteiger partial charge in [0.1, 0.15) is 35.7 Å². The summed E-state index contributed by atoms with van der Waals surface area (Å²) >= 11 is 0. The Kier molecular flexibility index (Phi) is 7.46. The number of aryl methyl sites for hydroxylation is 1. The number of carbonyl (C=O) groups is 1. The molecule has 0 radical (unpaired) electrons. The number of benzene rings is 2. The lowest BCUT2D eigenvalue weighted by Gasteiger charge is -2.34. The third-order valence-corrected chi connectivity index (χ3v) is 8.35. The second-order valence-corrected chi connectivity index (χ2v) is 11.3. The molecule has 1 saturated heterocycles. The van der Waals surface area contributed by atoms with Crippen LogP contribution in [-0.4, -0.2) is 81.2 Å². The van der Waals surface area contributed by atoms with Gasteiger partial charge in [-0.2, -0.15) is 0 Å². The molecule has 2 aromatic carbocycles. The standard InChI is InChI=1S/C31H35FN6O4/c1-17-4-5-26(18(2)28(17)32)42-16-21(39)14-34-23-6-9-33-30(40)27(23)29-35-24-12-19-15-38(20-7-10-37(3)11-8-20)31(41)22(19)13-25(24)36-29/h4-6,9,12-13,20-21,39H,7-8,10-11,14-16H2,1-3H3,(H,35,36)(H2,33,34,40)/t21-/m1/s1. The molecule has 6 rings (SSSR count). The molecule has 0 aliphatic carbocycles. The Hall–Kier alpha value is -4.22. The van der Waals surface area contributed by atoms with E-state index in [0.29, 0.717) is 46.0 Å². The van der Waals surface area contributed by atoms with Crippen LogP contribution in [-0.2, 0) is 6.54 Å². The van der Waals surface area contributed by atoms with Crippen LogP contribution in [0.4, 0.5) is 10.1 Å². The number of likely N-dealkylation sites (tertiary alicyclic amines) is 1. The molecule has 4 heterocycles. The number of aliphatic hydroxyl groups is 1. The van der Waals surface area contributed by atoms with E-state index >= 15 is 0 Å². The predicted molar refractivity (Wildman–Crippen MR) is 158 cm³/mol. The first-order chi connectivity index (χ1) is 20.2. The van der Waals surface area contributed by atoms with E-state index in [9.17, 15) is 19.1 Å². The van der Waals surface area contributed by atoms with Crippen LogP contribution < -0.4 is 15.6 Å². The summed E-state index contributed by atoms with van der Waals surface area (Å²) in [5, 5.41) is 13.7. The van der Waals surface area contributed by atoms with E-state index in [1.165, 1.54) is 6.20 Å². The van der Waals surface area contributed by atoms with Gasteiger partial charge in [0.25, 0.3) is 11.5 Å². The number of carbonyl (C=O) groups excluding carboxylic acids is 1. The number of nitrogens with one attached hydrogen (secondary N) is 3. The van der Waals surface area contributed by atoms with Crippen LogP contribution in [0.1, 0.15) is 39.9 Å². The number of halogens is 1. The number of imidazole rings is 1. The van der Waals surface area contributed by atoms with Crippen LogP contribution in [0.25, 0.3) is 22.4 Å². The summed E-state index contributed by atoms with van der Waals surface area (Å²) in [6.07, 6.45) is 2.52. The monoisotopic (exact) mass is 574 g/mol. The number of aliphatic hydroxyl groups excluding tert-OH is 1. The summed E-state index contributed by atoms with van der Waals surface area (Å²) in [6, 6.07) is 9.01. The van der Waals surface area contributed by atoms with Crippen molar-refractivity contribution in [1.82, 2.24) is 24.8 Å². The molecule has 2 aliphatic heterocycles. The SMILES string of the molecule is Cc1ccc(OC[C@H](O)CNc2cc[nH]c(=O)c2-c2nc3cc4c(cc3[nH]2)CN(C2CCN(C)CC2)C4=O)c(C)c1F. The van der Waals surface area contributed by atoms with Gasteiger partial charge in [0.05, 0.1) is 16.7 Å². The average Bonchev–Trinajstić information content (AvgIpc) is 3.53. The molecule has 11 heteroatoms. The van der Waals surface area contributed by atoms with E-state index in [0.717, 1.165) is 37.0 Å². The zero-order chi connectivity index (χ0) is 29.5. The fraction of sp³-hybridized carbons (Fsp3) is 0.387. The van der Waals surface area contributed by atoms with Gasteiger partial charge in [-0.25, -0.2) is 9.37 Å². The third-order valence-electron chi connectivity index (χ3n) is 8.35. The van der Waals surface area contributed by atoms with E-state index in [-0.39, 0.29) is 42.0 Å². The highest BCUT2D eigenvalue weighted by Crippen LogP contribution is 2.32. The number of fused-ring (bicyclic) bond motifs is 2. The molecule has 0 bridgehead atoms. The maximum atomic E-state index is 14.2. The highest BCUT2D eigenvalue weighted by atomic mass is 19.1. The molecule has 220 valence electrons. The van der Waals surface area contributed by atoms with E-state index in [4.69, 9.17) is 4.74 Å². The first-order valence-electron chi connectivity index (χ1n) is 14.2. The minimum absolute atomic E-state index is 0.0330. The van der Waals surface area contributed by atoms with Crippen molar-refractivity contribution in [2.45, 2.75) is 45.4 Å². The molecule has 2 aliphatic rings. The molecule has 2 aromatic heterocycles. The molecule has 4 N–H and O–H groups in total. The van der Waals surface area contributed by atoms with E-state index in [1.54, 1.807) is 32.0 Å². The Balaban J connectivity index is 1.17. The summed E-state index contributed by atoms with van der Waals surface area (Å²) < 4.78 is 19.8. The van der Waals surface area contributed by atoms with Crippen LogP contribution >= 0.6 is 0 Å². The maximum absolute atomic E-state index is 14.2. The second-order valence-electron chi connectivity index (χ2n) is 11.3. The molecule has 0 unspecified atom stereocenters. The van der Waals surface area contributed by atoms with Gasteiger partial charge < -0.3 is 34.9 Å². The number of rotatable bonds is 8. The molecule has 0 saturated carbocycles. The topological polar surface area (TPSA) is 127 Å². The lowest BCUT2D eigenvalue weighted by molar-refractivity contribution is 0.0617. The van der Waals surface area contributed by atoms with Crippen LogP contribution in [0.2, 0.25) is 0 Å². The van der Waals surface area contributed by atoms with Gasteiger partial charge >= 0.3 is 0 Å². The molecule has 1 fully saturated rings. The van der Waals surface area contributed by atoms with E-state index < -0.39 is 6.10 Å². The number of anilines is 1. The number of nitrogens with zero attached hydrogens (tertiary/aromatic N) is 3. The number of aromatic nitrogens is 3. The van der Waals surface area contributed by atoms with Gasteiger partial charge in [0, 0.05) is 36.5 Å². The lowest BCUT2D eigenvalue weighted by atomic mass is 10.0. The van der Waals surface area contributed by atoms with E-state index in [1.807, 2.05) is 17.0 Å². The normalized spacial score (nSPS) is 16.7. The summed E-state index contributed by atoms with van der Waals surface area (Å²) in [4.78, 5) is 41.1. The van der Waals surface area contributed by atoms with Crippen molar-refractivity contribution in [2.24, 2.45) is 0 Å². The lowest BCUT2D eigenvalue weighted by Crippen LogP contribution is -2.43. The van der Waals surface area contributed by atoms with Gasteiger partial charge in [-0.15, -0.1) is 0 Å². The van der Waals surface area contributed by atoms with Gasteiger partial charge in [0.15, 0.2) is 0 Å². The number of piperidine rings is 1. The summed E-state index contributed by atoms with van der Waals surface area (Å²) in [7, 11) is 2.11. The molecule has 0 spiro atoms. The van der Waals surface area contributed by atoms with Gasteiger partial charge in [-0.1, -0.05) is 6.07 Å². The second kappa shape index (κ2) is 11.2. The fourth-order valence-corrected chi connectivity index (χ4v) is 5.85. The maximum Gasteiger partial charge on any atom is 0.261 e. The van der Waals surface area contributed by atoms with Crippen LogP contribution in [0.3, 0.4) is 0 Å². The number of ether oxygens (including phenoxy) is 1. The van der Waals surface area contributed by atoms with Crippen molar-refractivity contribution in [3.63, 3.8) is 0 Å². The predicted octanol–water partition coefficient (Wildman–Crippen LogP) is 3.58. The van der Waals surface area contributed by atoms with Gasteiger partial charge in [-0.3, -0.25) is 9.59 Å². The van der Waals surface area contributed by atoms with Crippen molar-refractivity contribution in [3.8, 4) is 17.1 Å². The number of amides is 1. The Morgan fingerprint density at radius 3 is 2.76 bits per heavy atom. The van der Waals surface area contributed by atoms with E-state index in [2.05, 4.69) is 32.2 Å². The Labute approximate surface area is 242 Å².